The predicted molar refractivity (Wildman–Crippen MR) is 74.0 cm³/mol. The van der Waals surface area contributed by atoms with Crippen molar-refractivity contribution < 1.29 is 4.79 Å². The summed E-state index contributed by atoms with van der Waals surface area (Å²) in [6, 6.07) is 10.8. The topological polar surface area (TPSA) is 42.0 Å². The van der Waals surface area contributed by atoms with E-state index in [1.165, 1.54) is 0 Å². The van der Waals surface area contributed by atoms with Gasteiger partial charge in [0, 0.05) is 16.2 Å². The van der Waals surface area contributed by atoms with Gasteiger partial charge in [0.1, 0.15) is 5.82 Å². The van der Waals surface area contributed by atoms with E-state index in [1.807, 2.05) is 18.2 Å². The Morgan fingerprint density at radius 1 is 1.12 bits per heavy atom. The van der Waals surface area contributed by atoms with E-state index in [1.54, 1.807) is 24.4 Å². The molecule has 2 rings (SSSR count). The molecule has 0 atom stereocenters. The monoisotopic (exact) mass is 354 g/mol. The molecule has 2 aromatic rings. The summed E-state index contributed by atoms with van der Waals surface area (Å²) >= 11 is 6.65. The molecular weight excluding hydrogens is 348 g/mol. The van der Waals surface area contributed by atoms with Gasteiger partial charge in [0.2, 0.25) is 0 Å². The van der Waals surface area contributed by atoms with Gasteiger partial charge in [-0.15, -0.1) is 0 Å². The zero-order valence-electron chi connectivity index (χ0n) is 8.65. The molecular formula is C12H8Br2N2O. The molecule has 1 aromatic carbocycles. The average molecular weight is 356 g/mol. The zero-order chi connectivity index (χ0) is 12.3. The van der Waals surface area contributed by atoms with Gasteiger partial charge in [-0.2, -0.15) is 0 Å². The number of aromatic nitrogens is 1. The van der Waals surface area contributed by atoms with Crippen molar-refractivity contribution in [3.63, 3.8) is 0 Å². The van der Waals surface area contributed by atoms with Crippen molar-refractivity contribution in [3.8, 4) is 0 Å². The van der Waals surface area contributed by atoms with Gasteiger partial charge in [0.25, 0.3) is 5.91 Å². The molecule has 0 fully saturated rings. The van der Waals surface area contributed by atoms with Crippen molar-refractivity contribution in [3.05, 3.63) is 57.1 Å². The molecule has 3 nitrogen and oxygen atoms in total. The van der Waals surface area contributed by atoms with E-state index >= 15 is 0 Å². The molecule has 86 valence electrons. The third-order valence-electron chi connectivity index (χ3n) is 2.10. The lowest BCUT2D eigenvalue weighted by Gasteiger charge is -2.05. The molecule has 17 heavy (non-hydrogen) atoms. The third kappa shape index (κ3) is 3.14. The van der Waals surface area contributed by atoms with Gasteiger partial charge in [0.05, 0.1) is 4.47 Å². The second-order valence-corrected chi connectivity index (χ2v) is 5.06. The fraction of sp³-hybridized carbons (Fsp3) is 0. The van der Waals surface area contributed by atoms with Crippen molar-refractivity contribution in [2.45, 2.75) is 0 Å². The Bertz CT molecular complexity index is 540. The summed E-state index contributed by atoms with van der Waals surface area (Å²) in [6.07, 6.45) is 1.63. The molecule has 5 heteroatoms. The van der Waals surface area contributed by atoms with Crippen LogP contribution in [0.3, 0.4) is 0 Å². The lowest BCUT2D eigenvalue weighted by molar-refractivity contribution is 0.102. The number of halogens is 2. The molecule has 0 saturated carbocycles. The third-order valence-corrected chi connectivity index (χ3v) is 3.27. The van der Waals surface area contributed by atoms with E-state index in [0.29, 0.717) is 11.4 Å². The number of hydrogen-bond donors (Lipinski definition) is 1. The first-order valence-corrected chi connectivity index (χ1v) is 6.43. The number of anilines is 1. The molecule has 0 aliphatic heterocycles. The molecule has 0 radical (unpaired) electrons. The van der Waals surface area contributed by atoms with Crippen molar-refractivity contribution in [1.82, 2.24) is 4.98 Å². The van der Waals surface area contributed by atoms with Gasteiger partial charge in [0.15, 0.2) is 0 Å². The fourth-order valence-electron chi connectivity index (χ4n) is 1.26. The number of rotatable bonds is 2. The quantitative estimate of drug-likeness (QED) is 0.888. The van der Waals surface area contributed by atoms with Crippen molar-refractivity contribution >= 4 is 43.6 Å². The van der Waals surface area contributed by atoms with E-state index in [0.717, 1.165) is 8.95 Å². The number of carbonyl (C=O) groups excluding carboxylic acids is 1. The molecule has 0 unspecified atom stereocenters. The van der Waals surface area contributed by atoms with Crippen LogP contribution in [0.2, 0.25) is 0 Å². The molecule has 0 bridgehead atoms. The van der Waals surface area contributed by atoms with Crippen LogP contribution in [-0.4, -0.2) is 10.9 Å². The Kier molecular flexibility index (Phi) is 3.91. The number of hydrogen-bond acceptors (Lipinski definition) is 2. The van der Waals surface area contributed by atoms with E-state index in [2.05, 4.69) is 42.2 Å². The second-order valence-electron chi connectivity index (χ2n) is 3.29. The van der Waals surface area contributed by atoms with Gasteiger partial charge in [-0.3, -0.25) is 4.79 Å². The number of amides is 1. The minimum absolute atomic E-state index is 0.183. The van der Waals surface area contributed by atoms with E-state index in [-0.39, 0.29) is 5.91 Å². The predicted octanol–water partition coefficient (Wildman–Crippen LogP) is 3.86. The second kappa shape index (κ2) is 5.42. The van der Waals surface area contributed by atoms with Gasteiger partial charge in [-0.05, 0) is 52.3 Å². The number of nitrogens with one attached hydrogen (secondary N) is 1. The van der Waals surface area contributed by atoms with E-state index in [4.69, 9.17) is 0 Å². The first kappa shape index (κ1) is 12.3. The molecule has 1 N–H and O–H groups in total. The molecule has 1 amide bonds. The standard InChI is InChI=1S/C12H8Br2N2O/c13-9-5-3-8(4-6-9)12(17)16-11-10(14)2-1-7-15-11/h1-7H,(H,15,16,17). The molecule has 0 aliphatic rings. The van der Waals surface area contributed by atoms with Crippen LogP contribution in [0.1, 0.15) is 10.4 Å². The maximum Gasteiger partial charge on any atom is 0.256 e. The Morgan fingerprint density at radius 3 is 2.47 bits per heavy atom. The first-order chi connectivity index (χ1) is 8.16. The Morgan fingerprint density at radius 2 is 1.82 bits per heavy atom. The highest BCUT2D eigenvalue weighted by Crippen LogP contribution is 2.19. The molecule has 0 aliphatic carbocycles. The number of benzene rings is 1. The summed E-state index contributed by atoms with van der Waals surface area (Å²) in [7, 11) is 0. The summed E-state index contributed by atoms with van der Waals surface area (Å²) in [5.41, 5.74) is 0.589. The highest BCUT2D eigenvalue weighted by atomic mass is 79.9. The minimum Gasteiger partial charge on any atom is -0.306 e. The van der Waals surface area contributed by atoms with Gasteiger partial charge in [-0.25, -0.2) is 4.98 Å². The van der Waals surface area contributed by atoms with Crippen molar-refractivity contribution in [2.75, 3.05) is 5.32 Å². The molecule has 0 spiro atoms. The lowest BCUT2D eigenvalue weighted by atomic mass is 10.2. The SMILES string of the molecule is O=C(Nc1ncccc1Br)c1ccc(Br)cc1. The Labute approximate surface area is 116 Å². The van der Waals surface area contributed by atoms with Gasteiger partial charge < -0.3 is 5.32 Å². The van der Waals surface area contributed by atoms with Crippen LogP contribution in [0, 0.1) is 0 Å². The summed E-state index contributed by atoms with van der Waals surface area (Å²) in [4.78, 5) is 16.0. The minimum atomic E-state index is -0.183. The highest BCUT2D eigenvalue weighted by Gasteiger charge is 2.08. The zero-order valence-corrected chi connectivity index (χ0v) is 11.8. The summed E-state index contributed by atoms with van der Waals surface area (Å²) < 4.78 is 1.69. The molecule has 0 saturated heterocycles. The van der Waals surface area contributed by atoms with Crippen LogP contribution in [0.15, 0.2) is 51.5 Å². The maximum absolute atomic E-state index is 11.9. The molecule has 1 heterocycles. The van der Waals surface area contributed by atoms with Crippen LogP contribution in [0.5, 0.6) is 0 Å². The summed E-state index contributed by atoms with van der Waals surface area (Å²) in [5.74, 6) is 0.331. The van der Waals surface area contributed by atoms with Crippen LogP contribution in [0.4, 0.5) is 5.82 Å². The van der Waals surface area contributed by atoms with Crippen LogP contribution in [0.25, 0.3) is 0 Å². The first-order valence-electron chi connectivity index (χ1n) is 4.84. The van der Waals surface area contributed by atoms with Crippen LogP contribution >= 0.6 is 31.9 Å². The molecule has 1 aromatic heterocycles. The Hall–Kier alpha value is -1.20. The van der Waals surface area contributed by atoms with Crippen LogP contribution < -0.4 is 5.32 Å². The smallest absolute Gasteiger partial charge is 0.256 e. The van der Waals surface area contributed by atoms with E-state index < -0.39 is 0 Å². The van der Waals surface area contributed by atoms with Crippen LogP contribution in [-0.2, 0) is 0 Å². The van der Waals surface area contributed by atoms with Crippen molar-refractivity contribution in [2.24, 2.45) is 0 Å². The Balaban J connectivity index is 2.17. The summed E-state index contributed by atoms with van der Waals surface area (Å²) in [6.45, 7) is 0. The fourth-order valence-corrected chi connectivity index (χ4v) is 1.88. The number of carbonyl (C=O) groups is 1. The van der Waals surface area contributed by atoms with E-state index in [9.17, 15) is 4.79 Å². The maximum atomic E-state index is 11.9. The van der Waals surface area contributed by atoms with Gasteiger partial charge >= 0.3 is 0 Å². The average Bonchev–Trinajstić information content (AvgIpc) is 2.33. The number of pyridine rings is 1. The van der Waals surface area contributed by atoms with Crippen molar-refractivity contribution in [1.29, 1.82) is 0 Å². The highest BCUT2D eigenvalue weighted by molar-refractivity contribution is 9.10. The van der Waals surface area contributed by atoms with Gasteiger partial charge in [-0.1, -0.05) is 15.9 Å². The number of nitrogens with zero attached hydrogens (tertiary/aromatic N) is 1. The largest absolute Gasteiger partial charge is 0.306 e. The lowest BCUT2D eigenvalue weighted by Crippen LogP contribution is -2.13. The normalized spacial score (nSPS) is 10.0. The summed E-state index contributed by atoms with van der Waals surface area (Å²) in [5, 5.41) is 2.73.